The SMILES string of the molecule is Cc1cc(C(=O)NC2(C)CCNCC2)ccc1O. The van der Waals surface area contributed by atoms with Gasteiger partial charge < -0.3 is 15.7 Å². The molecule has 0 spiro atoms. The number of nitrogens with one attached hydrogen (secondary N) is 2. The number of hydrogen-bond acceptors (Lipinski definition) is 3. The summed E-state index contributed by atoms with van der Waals surface area (Å²) in [4.78, 5) is 12.2. The second kappa shape index (κ2) is 4.98. The summed E-state index contributed by atoms with van der Waals surface area (Å²) in [5, 5.41) is 15.8. The number of aromatic hydroxyl groups is 1. The number of carbonyl (C=O) groups is 1. The standard InChI is InChI=1S/C14H20N2O2/c1-10-9-11(3-4-12(10)17)13(18)16-14(2)5-7-15-8-6-14/h3-4,9,15,17H,5-8H2,1-2H3,(H,16,18). The number of aryl methyl sites for hydroxylation is 1. The average Bonchev–Trinajstić information content (AvgIpc) is 2.33. The van der Waals surface area contributed by atoms with Crippen molar-refractivity contribution in [2.24, 2.45) is 0 Å². The number of phenols is 1. The van der Waals surface area contributed by atoms with E-state index in [4.69, 9.17) is 0 Å². The number of hydrogen-bond donors (Lipinski definition) is 3. The first-order valence-corrected chi connectivity index (χ1v) is 6.33. The highest BCUT2D eigenvalue weighted by molar-refractivity contribution is 5.95. The quantitative estimate of drug-likeness (QED) is 0.744. The fourth-order valence-electron chi connectivity index (χ4n) is 2.25. The summed E-state index contributed by atoms with van der Waals surface area (Å²) in [6, 6.07) is 4.94. The second-order valence-corrected chi connectivity index (χ2v) is 5.27. The normalized spacial score (nSPS) is 18.3. The molecule has 0 aliphatic carbocycles. The molecule has 98 valence electrons. The number of phenolic OH excluding ortho intramolecular Hbond substituents is 1. The van der Waals surface area contributed by atoms with Crippen molar-refractivity contribution in [3.05, 3.63) is 29.3 Å². The molecule has 4 heteroatoms. The molecule has 1 aliphatic rings. The van der Waals surface area contributed by atoms with E-state index >= 15 is 0 Å². The van der Waals surface area contributed by atoms with Gasteiger partial charge in [0.15, 0.2) is 0 Å². The lowest BCUT2D eigenvalue weighted by molar-refractivity contribution is 0.0887. The summed E-state index contributed by atoms with van der Waals surface area (Å²) in [6.45, 7) is 5.74. The van der Waals surface area contributed by atoms with Crippen molar-refractivity contribution in [3.63, 3.8) is 0 Å². The highest BCUT2D eigenvalue weighted by Crippen LogP contribution is 2.20. The fraction of sp³-hybridized carbons (Fsp3) is 0.500. The van der Waals surface area contributed by atoms with Gasteiger partial charge in [0.1, 0.15) is 5.75 Å². The molecule has 1 amide bonds. The maximum Gasteiger partial charge on any atom is 0.251 e. The summed E-state index contributed by atoms with van der Waals surface area (Å²) in [7, 11) is 0. The third-order valence-corrected chi connectivity index (χ3v) is 3.58. The smallest absolute Gasteiger partial charge is 0.251 e. The lowest BCUT2D eigenvalue weighted by Crippen LogP contribution is -2.52. The van der Waals surface area contributed by atoms with Crippen LogP contribution in [0.25, 0.3) is 0 Å². The van der Waals surface area contributed by atoms with E-state index in [1.807, 2.05) is 0 Å². The third kappa shape index (κ3) is 2.82. The van der Waals surface area contributed by atoms with Gasteiger partial charge in [-0.2, -0.15) is 0 Å². The van der Waals surface area contributed by atoms with Gasteiger partial charge in [-0.15, -0.1) is 0 Å². The van der Waals surface area contributed by atoms with Gasteiger partial charge in [-0.25, -0.2) is 0 Å². The Hall–Kier alpha value is -1.55. The zero-order chi connectivity index (χ0) is 13.2. The monoisotopic (exact) mass is 248 g/mol. The number of piperidine rings is 1. The molecule has 0 bridgehead atoms. The molecular formula is C14H20N2O2. The number of carbonyl (C=O) groups excluding carboxylic acids is 1. The van der Waals surface area contributed by atoms with Crippen LogP contribution in [0.5, 0.6) is 5.75 Å². The van der Waals surface area contributed by atoms with Crippen LogP contribution in [0, 0.1) is 6.92 Å². The van der Waals surface area contributed by atoms with Crippen molar-refractivity contribution in [1.29, 1.82) is 0 Å². The molecule has 0 radical (unpaired) electrons. The molecule has 18 heavy (non-hydrogen) atoms. The van der Waals surface area contributed by atoms with Crippen molar-refractivity contribution in [1.82, 2.24) is 10.6 Å². The molecule has 2 rings (SSSR count). The first kappa shape index (κ1) is 12.9. The Morgan fingerprint density at radius 2 is 2.06 bits per heavy atom. The number of amides is 1. The first-order valence-electron chi connectivity index (χ1n) is 6.33. The minimum atomic E-state index is -0.131. The third-order valence-electron chi connectivity index (χ3n) is 3.58. The van der Waals surface area contributed by atoms with Crippen LogP contribution in [0.2, 0.25) is 0 Å². The molecule has 1 saturated heterocycles. The Morgan fingerprint density at radius 3 is 2.67 bits per heavy atom. The van der Waals surface area contributed by atoms with Crippen molar-refractivity contribution < 1.29 is 9.90 Å². The Labute approximate surface area is 107 Å². The molecule has 3 N–H and O–H groups in total. The van der Waals surface area contributed by atoms with E-state index in [0.717, 1.165) is 31.5 Å². The summed E-state index contributed by atoms with van der Waals surface area (Å²) in [5.74, 6) is 0.155. The minimum Gasteiger partial charge on any atom is -0.508 e. The molecule has 1 aromatic rings. The predicted octanol–water partition coefficient (Wildman–Crippen LogP) is 1.57. The summed E-state index contributed by atoms with van der Waals surface area (Å²) in [6.07, 6.45) is 1.88. The van der Waals surface area contributed by atoms with E-state index in [1.165, 1.54) is 0 Å². The van der Waals surface area contributed by atoms with Gasteiger partial charge in [-0.3, -0.25) is 4.79 Å². The van der Waals surface area contributed by atoms with E-state index in [-0.39, 0.29) is 17.2 Å². The van der Waals surface area contributed by atoms with Crippen LogP contribution in [-0.4, -0.2) is 29.6 Å². The van der Waals surface area contributed by atoms with E-state index < -0.39 is 0 Å². The van der Waals surface area contributed by atoms with Crippen LogP contribution in [0.15, 0.2) is 18.2 Å². The summed E-state index contributed by atoms with van der Waals surface area (Å²) < 4.78 is 0. The van der Waals surface area contributed by atoms with E-state index in [9.17, 15) is 9.90 Å². The Morgan fingerprint density at radius 1 is 1.39 bits per heavy atom. The van der Waals surface area contributed by atoms with E-state index in [0.29, 0.717) is 5.56 Å². The lowest BCUT2D eigenvalue weighted by Gasteiger charge is -2.35. The molecule has 0 atom stereocenters. The minimum absolute atomic E-state index is 0.0671. The molecule has 1 aliphatic heterocycles. The van der Waals surface area contributed by atoms with Crippen LogP contribution in [-0.2, 0) is 0 Å². The number of rotatable bonds is 2. The topological polar surface area (TPSA) is 61.4 Å². The molecule has 0 unspecified atom stereocenters. The van der Waals surface area contributed by atoms with Crippen LogP contribution in [0.4, 0.5) is 0 Å². The van der Waals surface area contributed by atoms with Gasteiger partial charge in [0.05, 0.1) is 0 Å². The van der Waals surface area contributed by atoms with Crippen molar-refractivity contribution >= 4 is 5.91 Å². The predicted molar refractivity (Wildman–Crippen MR) is 70.8 cm³/mol. The first-order chi connectivity index (χ1) is 8.50. The van der Waals surface area contributed by atoms with Crippen molar-refractivity contribution in [2.75, 3.05) is 13.1 Å². The summed E-state index contributed by atoms with van der Waals surface area (Å²) in [5.41, 5.74) is 1.19. The summed E-state index contributed by atoms with van der Waals surface area (Å²) >= 11 is 0. The molecule has 0 saturated carbocycles. The van der Waals surface area contributed by atoms with Crippen LogP contribution >= 0.6 is 0 Å². The highest BCUT2D eigenvalue weighted by Gasteiger charge is 2.28. The molecular weight excluding hydrogens is 228 g/mol. The van der Waals surface area contributed by atoms with Crippen LogP contribution in [0.3, 0.4) is 0 Å². The molecule has 0 aromatic heterocycles. The lowest BCUT2D eigenvalue weighted by atomic mass is 9.90. The Kier molecular flexibility index (Phi) is 3.57. The largest absolute Gasteiger partial charge is 0.508 e. The van der Waals surface area contributed by atoms with Crippen molar-refractivity contribution in [2.45, 2.75) is 32.2 Å². The van der Waals surface area contributed by atoms with E-state index in [2.05, 4.69) is 17.6 Å². The molecule has 4 nitrogen and oxygen atoms in total. The van der Waals surface area contributed by atoms with Gasteiger partial charge in [-0.05, 0) is 63.5 Å². The van der Waals surface area contributed by atoms with Gasteiger partial charge in [0.25, 0.3) is 5.91 Å². The average molecular weight is 248 g/mol. The van der Waals surface area contributed by atoms with E-state index in [1.54, 1.807) is 25.1 Å². The second-order valence-electron chi connectivity index (χ2n) is 5.27. The van der Waals surface area contributed by atoms with Crippen LogP contribution < -0.4 is 10.6 Å². The Bertz CT molecular complexity index is 451. The zero-order valence-electron chi connectivity index (χ0n) is 10.9. The highest BCUT2D eigenvalue weighted by atomic mass is 16.3. The molecule has 1 fully saturated rings. The number of benzene rings is 1. The van der Waals surface area contributed by atoms with Gasteiger partial charge >= 0.3 is 0 Å². The fourth-order valence-corrected chi connectivity index (χ4v) is 2.25. The van der Waals surface area contributed by atoms with Gasteiger partial charge in [-0.1, -0.05) is 0 Å². The maximum absolute atomic E-state index is 12.2. The zero-order valence-corrected chi connectivity index (χ0v) is 10.9. The van der Waals surface area contributed by atoms with Crippen molar-refractivity contribution in [3.8, 4) is 5.75 Å². The van der Waals surface area contributed by atoms with Crippen LogP contribution in [0.1, 0.15) is 35.7 Å². The molecule has 1 aromatic carbocycles. The van der Waals surface area contributed by atoms with Gasteiger partial charge in [0, 0.05) is 11.1 Å². The Balaban J connectivity index is 2.09. The van der Waals surface area contributed by atoms with Gasteiger partial charge in [0.2, 0.25) is 0 Å². The molecule has 1 heterocycles. The maximum atomic E-state index is 12.2.